The molecule has 2 heterocycles. The molecule has 0 aliphatic rings. The molecule has 0 fully saturated rings. The van der Waals surface area contributed by atoms with E-state index in [1.165, 1.54) is 6.20 Å². The normalized spacial score (nSPS) is 10.7. The number of aryl methyl sites for hydroxylation is 2. The van der Waals surface area contributed by atoms with Gasteiger partial charge in [-0.1, -0.05) is 23.7 Å². The summed E-state index contributed by atoms with van der Waals surface area (Å²) in [5.41, 5.74) is 4.55. The van der Waals surface area contributed by atoms with Gasteiger partial charge in [0.05, 0.1) is 11.9 Å². The van der Waals surface area contributed by atoms with Crippen LogP contribution in [0.5, 0.6) is 5.75 Å². The minimum Gasteiger partial charge on any atom is -0.506 e. The van der Waals surface area contributed by atoms with Crippen molar-refractivity contribution in [2.45, 2.75) is 13.8 Å². The van der Waals surface area contributed by atoms with E-state index in [4.69, 9.17) is 11.6 Å². The zero-order valence-corrected chi connectivity index (χ0v) is 18.9. The fourth-order valence-corrected chi connectivity index (χ4v) is 3.43. The highest BCUT2D eigenvalue weighted by Crippen LogP contribution is 2.35. The van der Waals surface area contributed by atoms with Crippen LogP contribution in [0.2, 0.25) is 5.02 Å². The Morgan fingerprint density at radius 3 is 2.52 bits per heavy atom. The third-order valence-electron chi connectivity index (χ3n) is 4.97. The lowest BCUT2D eigenvalue weighted by Gasteiger charge is -2.13. The summed E-state index contributed by atoms with van der Waals surface area (Å²) < 4.78 is 0. The van der Waals surface area contributed by atoms with E-state index < -0.39 is 0 Å². The van der Waals surface area contributed by atoms with Crippen molar-refractivity contribution in [1.82, 2.24) is 25.5 Å². The van der Waals surface area contributed by atoms with Gasteiger partial charge in [-0.05, 0) is 54.8 Å². The van der Waals surface area contributed by atoms with Crippen LogP contribution < -0.4 is 16.0 Å². The molecule has 0 spiro atoms. The molecule has 4 rings (SSSR count). The number of aromatic amines is 1. The van der Waals surface area contributed by atoms with Crippen LogP contribution >= 0.6 is 11.6 Å². The number of halogens is 1. The molecule has 33 heavy (non-hydrogen) atoms. The minimum atomic E-state index is -0.153. The number of rotatable bonds is 6. The number of hydrogen-bond acceptors (Lipinski definition) is 7. The Bertz CT molecular complexity index is 1320. The number of hydrogen-bond donors (Lipinski definition) is 5. The Labute approximate surface area is 195 Å². The summed E-state index contributed by atoms with van der Waals surface area (Å²) in [6.07, 6.45) is 1.46. The molecule has 0 bridgehead atoms. The molecule has 4 aromatic rings. The predicted molar refractivity (Wildman–Crippen MR) is 129 cm³/mol. The van der Waals surface area contributed by atoms with Crippen LogP contribution in [0, 0.1) is 13.8 Å². The van der Waals surface area contributed by atoms with Crippen LogP contribution in [0.1, 0.15) is 21.6 Å². The first-order valence-corrected chi connectivity index (χ1v) is 10.5. The summed E-state index contributed by atoms with van der Waals surface area (Å²) in [5.74, 6) is 1.09. The second-order valence-electron chi connectivity index (χ2n) is 7.42. The molecular formula is C23H22ClN7O2. The van der Waals surface area contributed by atoms with Gasteiger partial charge in [0, 0.05) is 24.4 Å². The van der Waals surface area contributed by atoms with Gasteiger partial charge in [0.2, 0.25) is 5.95 Å². The molecule has 0 unspecified atom stereocenters. The van der Waals surface area contributed by atoms with Gasteiger partial charge in [-0.2, -0.15) is 10.1 Å². The van der Waals surface area contributed by atoms with Crippen LogP contribution in [-0.2, 0) is 0 Å². The number of carbonyl (C=O) groups excluding carboxylic acids is 1. The second kappa shape index (κ2) is 9.17. The van der Waals surface area contributed by atoms with Crippen molar-refractivity contribution in [3.63, 3.8) is 0 Å². The summed E-state index contributed by atoms with van der Waals surface area (Å²) in [5, 5.41) is 26.6. The number of benzene rings is 2. The molecule has 2 aromatic heterocycles. The molecule has 1 amide bonds. The van der Waals surface area contributed by atoms with Crippen LogP contribution in [0.15, 0.2) is 48.7 Å². The van der Waals surface area contributed by atoms with Gasteiger partial charge in [0.1, 0.15) is 10.8 Å². The second-order valence-corrected chi connectivity index (χ2v) is 7.82. The number of aromatic hydroxyl groups is 1. The molecule has 0 saturated heterocycles. The maximum absolute atomic E-state index is 11.8. The van der Waals surface area contributed by atoms with Crippen molar-refractivity contribution >= 4 is 40.8 Å². The molecule has 0 saturated carbocycles. The van der Waals surface area contributed by atoms with Gasteiger partial charge in [-0.25, -0.2) is 4.98 Å². The highest BCUT2D eigenvalue weighted by atomic mass is 35.5. The zero-order chi connectivity index (χ0) is 23.5. The Hall–Kier alpha value is -4.11. The van der Waals surface area contributed by atoms with Crippen molar-refractivity contribution in [2.24, 2.45) is 0 Å². The zero-order valence-electron chi connectivity index (χ0n) is 18.2. The number of carbonyl (C=O) groups is 1. The maximum Gasteiger partial charge on any atom is 0.251 e. The van der Waals surface area contributed by atoms with Gasteiger partial charge in [-0.15, -0.1) is 0 Å². The van der Waals surface area contributed by atoms with Crippen LogP contribution in [0.25, 0.3) is 11.1 Å². The number of amides is 1. The first-order chi connectivity index (χ1) is 15.8. The molecule has 9 nitrogen and oxygen atoms in total. The Morgan fingerprint density at radius 2 is 1.85 bits per heavy atom. The van der Waals surface area contributed by atoms with Gasteiger partial charge >= 0.3 is 0 Å². The summed E-state index contributed by atoms with van der Waals surface area (Å²) in [6.45, 7) is 3.82. The Kier molecular flexibility index (Phi) is 6.14. The molecule has 0 radical (unpaired) electrons. The van der Waals surface area contributed by atoms with Gasteiger partial charge in [0.25, 0.3) is 5.91 Å². The largest absolute Gasteiger partial charge is 0.506 e. The first-order valence-electron chi connectivity index (χ1n) is 10.1. The molecule has 2 aromatic carbocycles. The monoisotopic (exact) mass is 463 g/mol. The van der Waals surface area contributed by atoms with E-state index in [0.29, 0.717) is 27.9 Å². The SMILES string of the molecule is CNC(=O)c1ccc(-c2cc(O)c(Nc3ncc(Cl)c(Nc4cc(C)[nH]n4)n3)cc2C)cc1. The highest BCUT2D eigenvalue weighted by molar-refractivity contribution is 6.32. The summed E-state index contributed by atoms with van der Waals surface area (Å²) in [7, 11) is 1.59. The average molecular weight is 464 g/mol. The lowest BCUT2D eigenvalue weighted by Crippen LogP contribution is -2.17. The predicted octanol–water partition coefficient (Wildman–Crippen LogP) is 4.69. The standard InChI is InChI=1S/C23H22ClN7O2/c1-12-8-18(19(32)10-16(12)14-4-6-15(7-5-14)22(33)25-3)27-23-26-11-17(24)21(29-23)28-20-9-13(2)30-31-20/h4-11,32H,1-3H3,(H,25,33)(H3,26,27,28,29,30,31). The van der Waals surface area contributed by atoms with Crippen molar-refractivity contribution in [3.8, 4) is 16.9 Å². The van der Waals surface area contributed by atoms with E-state index in [1.807, 2.05) is 32.0 Å². The van der Waals surface area contributed by atoms with E-state index in [1.54, 1.807) is 31.3 Å². The molecule has 168 valence electrons. The number of anilines is 4. The van der Waals surface area contributed by atoms with Crippen molar-refractivity contribution in [2.75, 3.05) is 17.7 Å². The topological polar surface area (TPSA) is 128 Å². The van der Waals surface area contributed by atoms with Gasteiger partial charge < -0.3 is 21.1 Å². The summed E-state index contributed by atoms with van der Waals surface area (Å²) >= 11 is 6.21. The van der Waals surface area contributed by atoms with E-state index in [9.17, 15) is 9.90 Å². The Morgan fingerprint density at radius 1 is 1.09 bits per heavy atom. The van der Waals surface area contributed by atoms with Crippen molar-refractivity contribution < 1.29 is 9.90 Å². The first kappa shape index (κ1) is 22.1. The third-order valence-corrected chi connectivity index (χ3v) is 5.25. The highest BCUT2D eigenvalue weighted by Gasteiger charge is 2.13. The van der Waals surface area contributed by atoms with Crippen molar-refractivity contribution in [3.05, 3.63) is 70.5 Å². The van der Waals surface area contributed by atoms with Crippen molar-refractivity contribution in [1.29, 1.82) is 0 Å². The van der Waals surface area contributed by atoms with E-state index >= 15 is 0 Å². The van der Waals surface area contributed by atoms with E-state index in [-0.39, 0.29) is 17.6 Å². The molecule has 0 atom stereocenters. The number of nitrogens with zero attached hydrogens (tertiary/aromatic N) is 3. The quantitative estimate of drug-likeness (QED) is 0.262. The maximum atomic E-state index is 11.8. The summed E-state index contributed by atoms with van der Waals surface area (Å²) in [4.78, 5) is 20.3. The number of H-pyrrole nitrogens is 1. The lowest BCUT2D eigenvalue weighted by atomic mass is 9.98. The van der Waals surface area contributed by atoms with Crippen LogP contribution in [0.3, 0.4) is 0 Å². The third kappa shape index (κ3) is 4.88. The molecule has 10 heteroatoms. The summed E-state index contributed by atoms with van der Waals surface area (Å²) in [6, 6.07) is 12.5. The fraction of sp³-hybridized carbons (Fsp3) is 0.130. The lowest BCUT2D eigenvalue weighted by molar-refractivity contribution is 0.0963. The van der Waals surface area contributed by atoms with Crippen LogP contribution in [-0.4, -0.2) is 38.2 Å². The number of phenolic OH excluding ortho intramolecular Hbond substituents is 1. The molecular weight excluding hydrogens is 442 g/mol. The molecule has 5 N–H and O–H groups in total. The minimum absolute atomic E-state index is 0.0296. The smallest absolute Gasteiger partial charge is 0.251 e. The van der Waals surface area contributed by atoms with Gasteiger partial charge in [-0.3, -0.25) is 9.89 Å². The fourth-order valence-electron chi connectivity index (χ4n) is 3.29. The van der Waals surface area contributed by atoms with Crippen LogP contribution in [0.4, 0.5) is 23.3 Å². The Balaban J connectivity index is 1.57. The molecule has 0 aliphatic heterocycles. The number of aromatic nitrogens is 4. The van der Waals surface area contributed by atoms with E-state index in [0.717, 1.165) is 22.4 Å². The van der Waals surface area contributed by atoms with Gasteiger partial charge in [0.15, 0.2) is 11.6 Å². The van der Waals surface area contributed by atoms with E-state index in [2.05, 4.69) is 36.1 Å². The number of nitrogens with one attached hydrogen (secondary N) is 4. The molecule has 0 aliphatic carbocycles. The number of phenols is 1. The average Bonchev–Trinajstić information content (AvgIpc) is 3.22.